The third kappa shape index (κ3) is 5.52. The first kappa shape index (κ1) is 20.3. The van der Waals surface area contributed by atoms with Gasteiger partial charge in [-0.15, -0.1) is 0 Å². The summed E-state index contributed by atoms with van der Waals surface area (Å²) in [4.78, 5) is 16.2. The Labute approximate surface area is 167 Å². The molecule has 0 spiro atoms. The summed E-state index contributed by atoms with van der Waals surface area (Å²) in [6.07, 6.45) is 4.19. The topological polar surface area (TPSA) is 42.0 Å². The Hall–Kier alpha value is -1.46. The fourth-order valence-corrected chi connectivity index (χ4v) is 4.36. The maximum absolute atomic E-state index is 11.8. The Balaban J connectivity index is 1.46. The van der Waals surface area contributed by atoms with Crippen molar-refractivity contribution in [1.29, 1.82) is 0 Å². The van der Waals surface area contributed by atoms with Crippen molar-refractivity contribution in [2.24, 2.45) is 11.8 Å². The average molecular weight is 395 g/mol. The summed E-state index contributed by atoms with van der Waals surface area (Å²) in [5, 5.41) is 0.832. The van der Waals surface area contributed by atoms with Crippen molar-refractivity contribution in [3.63, 3.8) is 0 Å². The van der Waals surface area contributed by atoms with Crippen molar-refractivity contribution in [2.75, 3.05) is 46.4 Å². The van der Waals surface area contributed by atoms with Gasteiger partial charge in [0.25, 0.3) is 0 Å². The number of rotatable bonds is 7. The fourth-order valence-electron chi connectivity index (χ4n) is 4.17. The smallest absolute Gasteiger partial charge is 0.409 e. The number of nitrogens with zero attached hydrogens (tertiary/aromatic N) is 2. The molecule has 5 nitrogen and oxygen atoms in total. The average Bonchev–Trinajstić information content (AvgIpc) is 2.68. The molecule has 0 N–H and O–H groups in total. The molecule has 3 rings (SSSR count). The van der Waals surface area contributed by atoms with E-state index in [9.17, 15) is 4.79 Å². The highest BCUT2D eigenvalue weighted by molar-refractivity contribution is 6.31. The monoisotopic (exact) mass is 394 g/mol. The lowest BCUT2D eigenvalue weighted by Gasteiger charge is -2.37. The lowest BCUT2D eigenvalue weighted by atomic mass is 9.89. The summed E-state index contributed by atoms with van der Waals surface area (Å²) < 4.78 is 10.7. The standard InChI is InChI=1S/C21H31ClN2O3/c1-3-8-24-14-17(15-27-21(24)25)13-23-9-6-16(7-10-23)11-18-12-19(26-2)4-5-20(18)22/h4-5,12,16-17H,3,6-11,13-15H2,1-2H3. The van der Waals surface area contributed by atoms with Crippen LogP contribution in [0.5, 0.6) is 5.75 Å². The van der Waals surface area contributed by atoms with Crippen LogP contribution in [0.25, 0.3) is 0 Å². The van der Waals surface area contributed by atoms with Gasteiger partial charge in [0, 0.05) is 30.6 Å². The molecule has 2 saturated heterocycles. The van der Waals surface area contributed by atoms with Crippen LogP contribution in [-0.4, -0.2) is 62.3 Å². The molecule has 1 aromatic carbocycles. The first-order valence-electron chi connectivity index (χ1n) is 10.1. The number of piperidine rings is 1. The van der Waals surface area contributed by atoms with Crippen LogP contribution in [0.15, 0.2) is 18.2 Å². The van der Waals surface area contributed by atoms with E-state index in [1.165, 1.54) is 18.4 Å². The molecular formula is C21H31ClN2O3. The maximum atomic E-state index is 11.8. The summed E-state index contributed by atoms with van der Waals surface area (Å²) in [5.41, 5.74) is 1.18. The normalized spacial score (nSPS) is 22.0. The molecule has 0 radical (unpaired) electrons. The molecule has 0 saturated carbocycles. The first-order valence-corrected chi connectivity index (χ1v) is 10.4. The molecule has 0 aromatic heterocycles. The molecule has 6 heteroatoms. The van der Waals surface area contributed by atoms with Gasteiger partial charge in [0.05, 0.1) is 13.7 Å². The molecule has 2 aliphatic rings. The van der Waals surface area contributed by atoms with Gasteiger partial charge in [0.2, 0.25) is 0 Å². The number of ether oxygens (including phenoxy) is 2. The van der Waals surface area contributed by atoms with E-state index in [0.717, 1.165) is 56.3 Å². The SMILES string of the molecule is CCCN1CC(CN2CCC(Cc3cc(OC)ccc3Cl)CC2)COC1=O. The number of halogens is 1. The largest absolute Gasteiger partial charge is 0.497 e. The Bertz CT molecular complexity index is 632. The summed E-state index contributed by atoms with van der Waals surface area (Å²) >= 11 is 6.37. The van der Waals surface area contributed by atoms with E-state index in [0.29, 0.717) is 18.4 Å². The van der Waals surface area contributed by atoms with E-state index >= 15 is 0 Å². The third-order valence-corrected chi connectivity index (χ3v) is 6.03. The number of carbonyl (C=O) groups excluding carboxylic acids is 1. The molecule has 2 aliphatic heterocycles. The zero-order chi connectivity index (χ0) is 19.2. The summed E-state index contributed by atoms with van der Waals surface area (Å²) in [5.74, 6) is 1.94. The van der Waals surface area contributed by atoms with Gasteiger partial charge >= 0.3 is 6.09 Å². The second kappa shape index (κ2) is 9.65. The molecule has 1 aromatic rings. The highest BCUT2D eigenvalue weighted by Crippen LogP contribution is 2.29. The third-order valence-electron chi connectivity index (χ3n) is 5.66. The van der Waals surface area contributed by atoms with Crippen LogP contribution in [0.1, 0.15) is 31.7 Å². The summed E-state index contributed by atoms with van der Waals surface area (Å²) in [7, 11) is 1.69. The highest BCUT2D eigenvalue weighted by atomic mass is 35.5. The van der Waals surface area contributed by atoms with Gasteiger partial charge < -0.3 is 19.3 Å². The number of amides is 1. The van der Waals surface area contributed by atoms with Crippen LogP contribution in [-0.2, 0) is 11.2 Å². The van der Waals surface area contributed by atoms with Gasteiger partial charge in [-0.3, -0.25) is 0 Å². The molecule has 2 fully saturated rings. The Morgan fingerprint density at radius 1 is 1.26 bits per heavy atom. The molecule has 1 amide bonds. The molecule has 2 heterocycles. The molecule has 0 aliphatic carbocycles. The van der Waals surface area contributed by atoms with E-state index in [2.05, 4.69) is 17.9 Å². The van der Waals surface area contributed by atoms with Crippen LogP contribution < -0.4 is 4.74 Å². The predicted octanol–water partition coefficient (Wildman–Crippen LogP) is 4.08. The molecular weight excluding hydrogens is 364 g/mol. The second-order valence-corrected chi connectivity index (χ2v) is 8.20. The van der Waals surface area contributed by atoms with Gasteiger partial charge in [-0.2, -0.15) is 0 Å². The van der Waals surface area contributed by atoms with Gasteiger partial charge in [0.15, 0.2) is 0 Å². The van der Waals surface area contributed by atoms with Crippen molar-refractivity contribution in [3.05, 3.63) is 28.8 Å². The number of cyclic esters (lactones) is 1. The number of likely N-dealkylation sites (tertiary alicyclic amines) is 1. The summed E-state index contributed by atoms with van der Waals surface area (Å²) in [6, 6.07) is 5.90. The van der Waals surface area contributed by atoms with Crippen LogP contribution in [0.4, 0.5) is 4.79 Å². The molecule has 150 valence electrons. The van der Waals surface area contributed by atoms with Gasteiger partial charge in [-0.25, -0.2) is 4.79 Å². The van der Waals surface area contributed by atoms with Crippen molar-refractivity contribution >= 4 is 17.7 Å². The molecule has 0 bridgehead atoms. The Morgan fingerprint density at radius 3 is 2.74 bits per heavy atom. The number of hydrogen-bond donors (Lipinski definition) is 0. The van der Waals surface area contributed by atoms with Crippen LogP contribution in [0.3, 0.4) is 0 Å². The minimum Gasteiger partial charge on any atom is -0.497 e. The van der Waals surface area contributed by atoms with Crippen molar-refractivity contribution in [2.45, 2.75) is 32.6 Å². The minimum atomic E-state index is -0.151. The van der Waals surface area contributed by atoms with Gasteiger partial charge in [-0.1, -0.05) is 18.5 Å². The molecule has 1 atom stereocenters. The predicted molar refractivity (Wildman–Crippen MR) is 108 cm³/mol. The van der Waals surface area contributed by atoms with E-state index in [1.54, 1.807) is 7.11 Å². The zero-order valence-corrected chi connectivity index (χ0v) is 17.2. The fraction of sp³-hybridized carbons (Fsp3) is 0.667. The van der Waals surface area contributed by atoms with Crippen LogP contribution >= 0.6 is 11.6 Å². The molecule has 27 heavy (non-hydrogen) atoms. The highest BCUT2D eigenvalue weighted by Gasteiger charge is 2.29. The number of benzene rings is 1. The van der Waals surface area contributed by atoms with Gasteiger partial charge in [-0.05, 0) is 68.5 Å². The van der Waals surface area contributed by atoms with Crippen molar-refractivity contribution in [3.8, 4) is 5.75 Å². The number of methoxy groups -OCH3 is 1. The number of hydrogen-bond acceptors (Lipinski definition) is 4. The van der Waals surface area contributed by atoms with Gasteiger partial charge in [0.1, 0.15) is 5.75 Å². The second-order valence-electron chi connectivity index (χ2n) is 7.79. The number of carbonyl (C=O) groups is 1. The molecule has 1 unspecified atom stereocenters. The van der Waals surface area contributed by atoms with Crippen LogP contribution in [0.2, 0.25) is 5.02 Å². The first-order chi connectivity index (χ1) is 13.1. The Morgan fingerprint density at radius 2 is 2.04 bits per heavy atom. The van der Waals surface area contributed by atoms with E-state index in [-0.39, 0.29) is 6.09 Å². The Kier molecular flexibility index (Phi) is 7.25. The van der Waals surface area contributed by atoms with E-state index in [1.807, 2.05) is 17.0 Å². The zero-order valence-electron chi connectivity index (χ0n) is 16.5. The van der Waals surface area contributed by atoms with E-state index in [4.69, 9.17) is 21.1 Å². The van der Waals surface area contributed by atoms with E-state index < -0.39 is 0 Å². The van der Waals surface area contributed by atoms with Crippen LogP contribution in [0, 0.1) is 11.8 Å². The quantitative estimate of drug-likeness (QED) is 0.698. The lowest BCUT2D eigenvalue weighted by molar-refractivity contribution is 0.0269. The van der Waals surface area contributed by atoms with Crippen molar-refractivity contribution < 1.29 is 14.3 Å². The van der Waals surface area contributed by atoms with Crippen molar-refractivity contribution in [1.82, 2.24) is 9.80 Å². The summed E-state index contributed by atoms with van der Waals surface area (Å²) in [6.45, 7) is 7.48. The minimum absolute atomic E-state index is 0.151. The lowest BCUT2D eigenvalue weighted by Crippen LogP contribution is -2.48. The maximum Gasteiger partial charge on any atom is 0.409 e.